The van der Waals surface area contributed by atoms with E-state index in [1.165, 1.54) is 6.92 Å². The molecule has 0 aromatic heterocycles. The molecule has 6 N–H and O–H groups in total. The molecule has 0 radical (unpaired) electrons. The van der Waals surface area contributed by atoms with E-state index in [2.05, 4.69) is 4.18 Å². The minimum atomic E-state index is -5.02. The second kappa shape index (κ2) is 8.34. The summed E-state index contributed by atoms with van der Waals surface area (Å²) in [6.45, 7) is 0.493. The highest BCUT2D eigenvalue weighted by molar-refractivity contribution is 7.80. The Morgan fingerprint density at radius 2 is 1.89 bits per heavy atom. The van der Waals surface area contributed by atoms with Gasteiger partial charge in [0, 0.05) is 5.92 Å². The van der Waals surface area contributed by atoms with Gasteiger partial charge in [0.15, 0.2) is 6.29 Å². The molecule has 1 fully saturated rings. The highest BCUT2D eigenvalue weighted by Crippen LogP contribution is 2.32. The van der Waals surface area contributed by atoms with Gasteiger partial charge in [0.1, 0.15) is 30.5 Å². The van der Waals surface area contributed by atoms with Gasteiger partial charge in [0.05, 0.1) is 6.61 Å². The fourth-order valence-corrected chi connectivity index (χ4v) is 3.25. The number of hydrogen-bond donors (Lipinski definition) is 6. The summed E-state index contributed by atoms with van der Waals surface area (Å²) in [7, 11) is -5.02. The summed E-state index contributed by atoms with van der Waals surface area (Å²) in [5.74, 6) is -3.40. The molecular weight excluding hydrogens is 396 g/mol. The van der Waals surface area contributed by atoms with Crippen molar-refractivity contribution in [3.63, 3.8) is 0 Å². The third-order valence-electron chi connectivity index (χ3n) is 4.08. The minimum Gasteiger partial charge on any atom is -0.475 e. The van der Waals surface area contributed by atoms with Crippen molar-refractivity contribution < 1.29 is 61.7 Å². The first-order valence-corrected chi connectivity index (χ1v) is 9.04. The first-order chi connectivity index (χ1) is 12.4. The summed E-state index contributed by atoms with van der Waals surface area (Å²) in [4.78, 5) is 11.0. The van der Waals surface area contributed by atoms with Crippen LogP contribution in [0.15, 0.2) is 11.8 Å². The molecule has 0 saturated carbocycles. The smallest absolute Gasteiger partial charge is 0.397 e. The van der Waals surface area contributed by atoms with Gasteiger partial charge in [-0.1, -0.05) is 6.92 Å². The molecule has 2 heterocycles. The topological polar surface area (TPSA) is 210 Å². The van der Waals surface area contributed by atoms with E-state index in [0.717, 1.165) is 6.08 Å². The van der Waals surface area contributed by atoms with Crippen LogP contribution in [-0.4, -0.2) is 94.2 Å². The summed E-state index contributed by atoms with van der Waals surface area (Å²) in [6, 6.07) is 0. The third kappa shape index (κ3) is 5.13. The van der Waals surface area contributed by atoms with Crippen LogP contribution in [0.2, 0.25) is 0 Å². The second-order valence-electron chi connectivity index (χ2n) is 6.00. The zero-order chi connectivity index (χ0) is 20.5. The van der Waals surface area contributed by atoms with E-state index >= 15 is 0 Å². The van der Waals surface area contributed by atoms with Crippen LogP contribution in [0.1, 0.15) is 6.92 Å². The number of aliphatic hydroxyl groups is 4. The summed E-state index contributed by atoms with van der Waals surface area (Å²) in [5.41, 5.74) is 0. The Morgan fingerprint density at radius 1 is 1.26 bits per heavy atom. The molecule has 13 nitrogen and oxygen atoms in total. The normalized spacial score (nSPS) is 40.1. The number of aliphatic carboxylic acids is 1. The van der Waals surface area contributed by atoms with Crippen LogP contribution in [0.4, 0.5) is 0 Å². The fraction of sp³-hybridized carbons (Fsp3) is 0.769. The van der Waals surface area contributed by atoms with Crippen LogP contribution >= 0.6 is 0 Å². The van der Waals surface area contributed by atoms with Gasteiger partial charge in [-0.3, -0.25) is 4.55 Å². The number of ether oxygens (including phenoxy) is 3. The van der Waals surface area contributed by atoms with Crippen LogP contribution in [0.3, 0.4) is 0 Å². The summed E-state index contributed by atoms with van der Waals surface area (Å²) >= 11 is 0. The molecule has 0 aromatic rings. The van der Waals surface area contributed by atoms with E-state index in [4.69, 9.17) is 23.9 Å². The minimum absolute atomic E-state index is 0.728. The number of rotatable bonds is 6. The van der Waals surface area contributed by atoms with E-state index in [-0.39, 0.29) is 0 Å². The molecule has 0 aromatic carbocycles. The quantitative estimate of drug-likeness (QED) is 0.238. The lowest BCUT2D eigenvalue weighted by Crippen LogP contribution is -2.59. The van der Waals surface area contributed by atoms with Crippen molar-refractivity contribution in [3.8, 4) is 0 Å². The molecule has 2 aliphatic rings. The molecule has 27 heavy (non-hydrogen) atoms. The van der Waals surface area contributed by atoms with Crippen molar-refractivity contribution in [2.45, 2.75) is 50.0 Å². The van der Waals surface area contributed by atoms with E-state index in [9.17, 15) is 33.6 Å². The SMILES string of the molecule is C[C@@H]1C(O)OC(CO)[C@@H](O[C@@H]2OC(C(=O)O)=CC(O)[C@@H]2O)C1OS(=O)(=O)O. The molecular formula is C13H20O13S. The molecule has 4 unspecified atom stereocenters. The molecule has 156 valence electrons. The summed E-state index contributed by atoms with van der Waals surface area (Å²) in [5, 5.41) is 47.9. The Bertz CT molecular complexity index is 676. The lowest BCUT2D eigenvalue weighted by atomic mass is 9.92. The largest absolute Gasteiger partial charge is 0.475 e. The Morgan fingerprint density at radius 3 is 2.41 bits per heavy atom. The Balaban J connectivity index is 2.30. The zero-order valence-electron chi connectivity index (χ0n) is 13.9. The van der Waals surface area contributed by atoms with Crippen LogP contribution in [-0.2, 0) is 33.6 Å². The number of aliphatic hydroxyl groups excluding tert-OH is 4. The van der Waals surface area contributed by atoms with Gasteiger partial charge in [0.25, 0.3) is 0 Å². The Kier molecular flexibility index (Phi) is 6.77. The predicted octanol–water partition coefficient (Wildman–Crippen LogP) is -3.05. The van der Waals surface area contributed by atoms with Crippen LogP contribution in [0, 0.1) is 5.92 Å². The van der Waals surface area contributed by atoms with Gasteiger partial charge in [-0.05, 0) is 6.08 Å². The average molecular weight is 416 g/mol. The molecule has 0 aliphatic carbocycles. The lowest BCUT2D eigenvalue weighted by molar-refractivity contribution is -0.311. The first-order valence-electron chi connectivity index (χ1n) is 7.68. The Hall–Kier alpha value is -1.36. The molecule has 2 rings (SSSR count). The predicted molar refractivity (Wildman–Crippen MR) is 81.0 cm³/mol. The molecule has 0 amide bonds. The molecule has 14 heteroatoms. The fourth-order valence-electron chi connectivity index (χ4n) is 2.68. The molecule has 0 spiro atoms. The van der Waals surface area contributed by atoms with E-state index in [1.54, 1.807) is 0 Å². The number of carbonyl (C=O) groups is 1. The zero-order valence-corrected chi connectivity index (χ0v) is 14.7. The van der Waals surface area contributed by atoms with Gasteiger partial charge in [-0.25, -0.2) is 8.98 Å². The summed E-state index contributed by atoms with van der Waals surface area (Å²) < 4.78 is 51.1. The standard InChI is InChI=1S/C13H20O13S/c1-4-9(26-27(20,21)22)10(7(3-14)23-12(4)19)25-13-8(16)5(15)2-6(24-13)11(17)18/h2,4-5,7-10,12-16,19H,3H2,1H3,(H,17,18)(H,20,21,22)/t4-,5?,7?,8-,9?,10+,12?,13-/m0/s1. The highest BCUT2D eigenvalue weighted by Gasteiger charge is 2.49. The van der Waals surface area contributed by atoms with E-state index < -0.39 is 77.8 Å². The number of carboxylic acid groups (broad SMARTS) is 1. The van der Waals surface area contributed by atoms with Crippen LogP contribution < -0.4 is 0 Å². The van der Waals surface area contributed by atoms with Crippen molar-refractivity contribution in [1.82, 2.24) is 0 Å². The van der Waals surface area contributed by atoms with E-state index in [0.29, 0.717) is 0 Å². The monoisotopic (exact) mass is 416 g/mol. The van der Waals surface area contributed by atoms with Crippen LogP contribution in [0.25, 0.3) is 0 Å². The first kappa shape index (κ1) is 21.9. The maximum atomic E-state index is 11.1. The average Bonchev–Trinajstić information content (AvgIpc) is 2.56. The third-order valence-corrected chi connectivity index (χ3v) is 4.55. The highest BCUT2D eigenvalue weighted by atomic mass is 32.3. The van der Waals surface area contributed by atoms with Gasteiger partial charge in [-0.15, -0.1) is 0 Å². The van der Waals surface area contributed by atoms with E-state index in [1.807, 2.05) is 0 Å². The Labute approximate surface area is 153 Å². The van der Waals surface area contributed by atoms with Crippen molar-refractivity contribution in [2.24, 2.45) is 5.92 Å². The molecule has 0 bridgehead atoms. The van der Waals surface area contributed by atoms with Gasteiger partial charge < -0.3 is 39.7 Å². The number of hydrogen-bond acceptors (Lipinski definition) is 11. The van der Waals surface area contributed by atoms with Crippen molar-refractivity contribution in [3.05, 3.63) is 11.8 Å². The van der Waals surface area contributed by atoms with Crippen LogP contribution in [0.5, 0.6) is 0 Å². The van der Waals surface area contributed by atoms with Crippen molar-refractivity contribution in [2.75, 3.05) is 6.61 Å². The van der Waals surface area contributed by atoms with Gasteiger partial charge in [-0.2, -0.15) is 8.42 Å². The van der Waals surface area contributed by atoms with Gasteiger partial charge in [0.2, 0.25) is 12.0 Å². The van der Waals surface area contributed by atoms with Gasteiger partial charge >= 0.3 is 16.4 Å². The molecule has 8 atom stereocenters. The summed E-state index contributed by atoms with van der Waals surface area (Å²) in [6.07, 6.45) is -10.7. The van der Waals surface area contributed by atoms with Crippen molar-refractivity contribution in [1.29, 1.82) is 0 Å². The van der Waals surface area contributed by atoms with Crippen molar-refractivity contribution >= 4 is 16.4 Å². The maximum absolute atomic E-state index is 11.1. The maximum Gasteiger partial charge on any atom is 0.397 e. The molecule has 1 saturated heterocycles. The number of carboxylic acids is 1. The second-order valence-corrected chi connectivity index (χ2v) is 7.05. The molecule has 2 aliphatic heterocycles. The lowest BCUT2D eigenvalue weighted by Gasteiger charge is -2.44.